The molecule has 1 aliphatic carbocycles. The SMILES string of the molecule is Cc1ccc(CNC(=O)c2cc3c4nc(C5CC5)n(C)c4cnc3n(CC(=O)N3CC(C)(C)C3)c2=O)cc1. The summed E-state index contributed by atoms with van der Waals surface area (Å²) in [5.74, 6) is 0.754. The van der Waals surface area contributed by atoms with Crippen molar-refractivity contribution in [3.8, 4) is 0 Å². The topological polar surface area (TPSA) is 102 Å². The molecule has 2 amide bonds. The van der Waals surface area contributed by atoms with Crippen LogP contribution in [-0.2, 0) is 24.9 Å². The number of carbonyl (C=O) groups is 2. The molecule has 2 aliphatic rings. The van der Waals surface area contributed by atoms with E-state index >= 15 is 0 Å². The van der Waals surface area contributed by atoms with E-state index in [1.54, 1.807) is 17.2 Å². The van der Waals surface area contributed by atoms with Gasteiger partial charge in [-0.25, -0.2) is 9.97 Å². The maximum absolute atomic E-state index is 13.7. The van der Waals surface area contributed by atoms with Gasteiger partial charge in [0.25, 0.3) is 11.5 Å². The van der Waals surface area contributed by atoms with Crippen LogP contribution >= 0.6 is 0 Å². The molecule has 4 heterocycles. The van der Waals surface area contributed by atoms with E-state index in [1.165, 1.54) is 4.57 Å². The summed E-state index contributed by atoms with van der Waals surface area (Å²) in [6.45, 7) is 7.60. The Balaban J connectivity index is 1.43. The van der Waals surface area contributed by atoms with E-state index in [-0.39, 0.29) is 30.0 Å². The third-order valence-corrected chi connectivity index (χ3v) is 7.64. The first-order chi connectivity index (χ1) is 18.1. The zero-order chi connectivity index (χ0) is 26.8. The number of pyridine rings is 2. The fourth-order valence-corrected chi connectivity index (χ4v) is 5.37. The van der Waals surface area contributed by atoms with E-state index in [2.05, 4.69) is 24.1 Å². The second-order valence-corrected chi connectivity index (χ2v) is 11.6. The smallest absolute Gasteiger partial charge is 0.265 e. The van der Waals surface area contributed by atoms with E-state index < -0.39 is 11.5 Å². The van der Waals surface area contributed by atoms with Crippen molar-refractivity contribution in [2.75, 3.05) is 13.1 Å². The van der Waals surface area contributed by atoms with Gasteiger partial charge in [0, 0.05) is 38.0 Å². The second kappa shape index (κ2) is 8.79. The number of imidazole rings is 1. The zero-order valence-electron chi connectivity index (χ0n) is 22.2. The predicted molar refractivity (Wildman–Crippen MR) is 145 cm³/mol. The molecule has 0 spiro atoms. The molecule has 4 aromatic rings. The number of likely N-dealkylation sites (tertiary alicyclic amines) is 1. The summed E-state index contributed by atoms with van der Waals surface area (Å²) in [5, 5.41) is 3.47. The van der Waals surface area contributed by atoms with Gasteiger partial charge in [0.05, 0.1) is 11.7 Å². The van der Waals surface area contributed by atoms with Crippen molar-refractivity contribution in [2.45, 2.75) is 52.6 Å². The monoisotopic (exact) mass is 512 g/mol. The summed E-state index contributed by atoms with van der Waals surface area (Å²) in [5.41, 5.74) is 3.48. The van der Waals surface area contributed by atoms with E-state index in [4.69, 9.17) is 4.98 Å². The molecule has 0 atom stereocenters. The average molecular weight is 513 g/mol. The summed E-state index contributed by atoms with van der Waals surface area (Å²) >= 11 is 0. The maximum Gasteiger partial charge on any atom is 0.265 e. The number of nitrogens with one attached hydrogen (secondary N) is 1. The highest BCUT2D eigenvalue weighted by atomic mass is 16.2. The third kappa shape index (κ3) is 4.25. The lowest BCUT2D eigenvalue weighted by molar-refractivity contribution is -0.142. The van der Waals surface area contributed by atoms with Gasteiger partial charge in [0.1, 0.15) is 29.1 Å². The molecule has 1 N–H and O–H groups in total. The predicted octanol–water partition coefficient (Wildman–Crippen LogP) is 3.27. The highest BCUT2D eigenvalue weighted by molar-refractivity contribution is 6.05. The fraction of sp³-hybridized carbons (Fsp3) is 0.414. The van der Waals surface area contributed by atoms with Gasteiger partial charge in [0.15, 0.2) is 0 Å². The molecule has 1 aliphatic heterocycles. The van der Waals surface area contributed by atoms with Crippen LogP contribution in [0.3, 0.4) is 0 Å². The molecule has 38 heavy (non-hydrogen) atoms. The first-order valence-corrected chi connectivity index (χ1v) is 13.1. The van der Waals surface area contributed by atoms with Crippen molar-refractivity contribution in [2.24, 2.45) is 12.5 Å². The first kappa shape index (κ1) is 24.3. The van der Waals surface area contributed by atoms with Crippen LogP contribution in [0.5, 0.6) is 0 Å². The number of carbonyl (C=O) groups excluding carboxylic acids is 2. The van der Waals surface area contributed by atoms with Crippen molar-refractivity contribution in [3.05, 3.63) is 69.4 Å². The van der Waals surface area contributed by atoms with E-state index in [0.29, 0.717) is 35.6 Å². The number of aromatic nitrogens is 4. The lowest BCUT2D eigenvalue weighted by atomic mass is 9.84. The lowest BCUT2D eigenvalue weighted by Crippen LogP contribution is -2.56. The van der Waals surface area contributed by atoms with Crippen molar-refractivity contribution in [3.63, 3.8) is 0 Å². The summed E-state index contributed by atoms with van der Waals surface area (Å²) in [7, 11) is 1.97. The van der Waals surface area contributed by atoms with Crippen molar-refractivity contribution in [1.29, 1.82) is 0 Å². The second-order valence-electron chi connectivity index (χ2n) is 11.6. The Hall–Kier alpha value is -4.01. The Morgan fingerprint density at radius 2 is 1.84 bits per heavy atom. The quantitative estimate of drug-likeness (QED) is 0.427. The molecule has 1 saturated carbocycles. The minimum atomic E-state index is -0.530. The number of amides is 2. The largest absolute Gasteiger partial charge is 0.348 e. The van der Waals surface area contributed by atoms with Crippen molar-refractivity contribution in [1.82, 2.24) is 29.3 Å². The molecule has 1 aromatic carbocycles. The summed E-state index contributed by atoms with van der Waals surface area (Å²) in [4.78, 5) is 51.4. The Morgan fingerprint density at radius 1 is 1.13 bits per heavy atom. The normalized spacial score (nSPS) is 16.6. The molecule has 0 unspecified atom stereocenters. The summed E-state index contributed by atoms with van der Waals surface area (Å²) in [6.07, 6.45) is 3.90. The number of hydrogen-bond acceptors (Lipinski definition) is 5. The van der Waals surface area contributed by atoms with Gasteiger partial charge in [-0.2, -0.15) is 0 Å². The van der Waals surface area contributed by atoms with Gasteiger partial charge in [-0.05, 0) is 36.8 Å². The van der Waals surface area contributed by atoms with E-state index in [0.717, 1.165) is 35.3 Å². The van der Waals surface area contributed by atoms with Gasteiger partial charge in [-0.15, -0.1) is 0 Å². The van der Waals surface area contributed by atoms with Gasteiger partial charge in [0.2, 0.25) is 5.91 Å². The molecule has 3 aromatic heterocycles. The highest BCUT2D eigenvalue weighted by Crippen LogP contribution is 2.41. The van der Waals surface area contributed by atoms with Gasteiger partial charge in [-0.1, -0.05) is 43.7 Å². The van der Waals surface area contributed by atoms with E-state index in [9.17, 15) is 14.4 Å². The maximum atomic E-state index is 13.7. The van der Waals surface area contributed by atoms with Crippen LogP contribution in [0.4, 0.5) is 0 Å². The Bertz CT molecular complexity index is 1650. The molecular weight excluding hydrogens is 480 g/mol. The van der Waals surface area contributed by atoms with Crippen LogP contribution in [0, 0.1) is 12.3 Å². The number of rotatable bonds is 6. The summed E-state index contributed by atoms with van der Waals surface area (Å²) in [6, 6.07) is 9.45. The van der Waals surface area contributed by atoms with Gasteiger partial charge in [-0.3, -0.25) is 19.0 Å². The standard InChI is InChI=1S/C29H32N6O3/c1-17-5-7-18(8-6-17)12-31-27(37)21-11-20-24-22(33(4)25(32-24)19-9-10-19)13-30-26(20)35(28(21)38)14-23(36)34-15-29(2,3)16-34/h5-8,11,13,19H,9-10,12,14-16H2,1-4H3,(H,31,37). The number of aryl methyl sites for hydroxylation is 2. The minimum absolute atomic E-state index is 0.0192. The van der Waals surface area contributed by atoms with Crippen LogP contribution in [0.2, 0.25) is 0 Å². The fourth-order valence-electron chi connectivity index (χ4n) is 5.37. The number of nitrogens with zero attached hydrogens (tertiary/aromatic N) is 5. The Kier molecular flexibility index (Phi) is 5.63. The molecule has 1 saturated heterocycles. The van der Waals surface area contributed by atoms with Crippen LogP contribution in [-0.4, -0.2) is 48.9 Å². The minimum Gasteiger partial charge on any atom is -0.348 e. The molecular formula is C29H32N6O3. The average Bonchev–Trinajstić information content (AvgIpc) is 3.66. The summed E-state index contributed by atoms with van der Waals surface area (Å²) < 4.78 is 3.38. The molecule has 2 fully saturated rings. The first-order valence-electron chi connectivity index (χ1n) is 13.1. The lowest BCUT2D eigenvalue weighted by Gasteiger charge is -2.45. The van der Waals surface area contributed by atoms with Crippen LogP contribution < -0.4 is 10.9 Å². The Morgan fingerprint density at radius 3 is 2.50 bits per heavy atom. The molecule has 0 radical (unpaired) electrons. The van der Waals surface area contributed by atoms with Crippen LogP contribution in [0.25, 0.3) is 22.1 Å². The molecule has 196 valence electrons. The van der Waals surface area contributed by atoms with Crippen molar-refractivity contribution >= 4 is 33.9 Å². The number of fused-ring (bicyclic) bond motifs is 3. The highest BCUT2D eigenvalue weighted by Gasteiger charge is 2.37. The molecule has 9 nitrogen and oxygen atoms in total. The Labute approximate surface area is 220 Å². The van der Waals surface area contributed by atoms with Crippen LogP contribution in [0.15, 0.2) is 41.3 Å². The van der Waals surface area contributed by atoms with Crippen molar-refractivity contribution < 1.29 is 9.59 Å². The number of hydrogen-bond donors (Lipinski definition) is 1. The van der Waals surface area contributed by atoms with E-state index in [1.807, 2.05) is 42.8 Å². The third-order valence-electron chi connectivity index (χ3n) is 7.64. The van der Waals surface area contributed by atoms with Gasteiger partial charge < -0.3 is 14.8 Å². The van der Waals surface area contributed by atoms with Gasteiger partial charge >= 0.3 is 0 Å². The van der Waals surface area contributed by atoms with Crippen LogP contribution in [0.1, 0.15) is 59.9 Å². The molecule has 9 heteroatoms. The molecule has 0 bridgehead atoms. The molecule has 6 rings (SSSR count). The zero-order valence-corrected chi connectivity index (χ0v) is 22.2. The number of benzene rings is 1.